The number of hydrogen-bond donors (Lipinski definition) is 2. The second-order valence-electron chi connectivity index (χ2n) is 5.51. The number of thioether (sulfide) groups is 1. The fourth-order valence-corrected chi connectivity index (χ4v) is 4.25. The van der Waals surface area contributed by atoms with Crippen molar-refractivity contribution in [3.05, 3.63) is 36.2 Å². The van der Waals surface area contributed by atoms with Gasteiger partial charge in [-0.2, -0.15) is 0 Å². The summed E-state index contributed by atoms with van der Waals surface area (Å²) in [6.45, 7) is 0.104. The summed E-state index contributed by atoms with van der Waals surface area (Å²) in [4.78, 5) is 39.9. The number of nitrogens with zero attached hydrogens (tertiary/aromatic N) is 2. The molecule has 8 heteroatoms. The van der Waals surface area contributed by atoms with Gasteiger partial charge in [0.2, 0.25) is 12.3 Å². The second-order valence-corrected chi connectivity index (χ2v) is 6.62. The highest BCUT2D eigenvalue weighted by molar-refractivity contribution is 8.00. The van der Waals surface area contributed by atoms with E-state index < -0.39 is 17.4 Å². The third kappa shape index (κ3) is 2.70. The van der Waals surface area contributed by atoms with Gasteiger partial charge in [0.1, 0.15) is 16.8 Å². The van der Waals surface area contributed by atoms with Gasteiger partial charge >= 0.3 is 5.97 Å². The molecule has 2 saturated heterocycles. The predicted molar refractivity (Wildman–Crippen MR) is 84.3 cm³/mol. The van der Waals surface area contributed by atoms with E-state index in [-0.39, 0.29) is 17.8 Å². The number of carboxylic acid groups (broad SMARTS) is 1. The van der Waals surface area contributed by atoms with E-state index in [4.69, 9.17) is 0 Å². The van der Waals surface area contributed by atoms with E-state index in [2.05, 4.69) is 10.3 Å². The first kappa shape index (κ1) is 15.5. The lowest BCUT2D eigenvalue weighted by Gasteiger charge is -2.52. The highest BCUT2D eigenvalue weighted by atomic mass is 32.2. The highest BCUT2D eigenvalue weighted by Gasteiger charge is 2.56. The number of hydrogen-bond acceptors (Lipinski definition) is 5. The van der Waals surface area contributed by atoms with Crippen molar-refractivity contribution < 1.29 is 19.5 Å². The lowest BCUT2D eigenvalue weighted by atomic mass is 9.86. The molecule has 1 aromatic heterocycles. The van der Waals surface area contributed by atoms with E-state index in [0.717, 1.165) is 5.56 Å². The SMILES string of the molecule is O=CNC1C(=O)N2CC(C=Cc3cccnc3)(C(=O)O)CS[C@H]12. The van der Waals surface area contributed by atoms with E-state index in [1.54, 1.807) is 30.6 Å². The normalized spacial score (nSPS) is 29.7. The highest BCUT2D eigenvalue weighted by Crippen LogP contribution is 2.43. The molecule has 3 rings (SSSR count). The molecule has 0 saturated carbocycles. The number of pyridine rings is 1. The number of carbonyl (C=O) groups is 3. The molecule has 2 fully saturated rings. The molecule has 0 spiro atoms. The van der Waals surface area contributed by atoms with Gasteiger partial charge in [-0.15, -0.1) is 11.8 Å². The van der Waals surface area contributed by atoms with Crippen molar-refractivity contribution in [1.29, 1.82) is 0 Å². The zero-order valence-corrected chi connectivity index (χ0v) is 12.9. The molecule has 3 heterocycles. The fourth-order valence-electron chi connectivity index (χ4n) is 2.72. The number of aliphatic carboxylic acids is 1. The largest absolute Gasteiger partial charge is 0.481 e. The lowest BCUT2D eigenvalue weighted by Crippen LogP contribution is -2.72. The monoisotopic (exact) mass is 333 g/mol. The Balaban J connectivity index is 1.79. The van der Waals surface area contributed by atoms with Crippen LogP contribution in [0.25, 0.3) is 6.08 Å². The van der Waals surface area contributed by atoms with Crippen LogP contribution in [0.3, 0.4) is 0 Å². The Morgan fingerprint density at radius 3 is 3.04 bits per heavy atom. The molecular weight excluding hydrogens is 318 g/mol. The number of β-lactam (4-membered cyclic amide) rings is 1. The third-order valence-corrected chi connectivity index (χ3v) is 5.61. The molecule has 7 nitrogen and oxygen atoms in total. The van der Waals surface area contributed by atoms with Gasteiger partial charge in [-0.05, 0) is 11.6 Å². The van der Waals surface area contributed by atoms with Crippen molar-refractivity contribution in [1.82, 2.24) is 15.2 Å². The van der Waals surface area contributed by atoms with Crippen LogP contribution in [0, 0.1) is 5.41 Å². The Hall–Kier alpha value is -2.35. The minimum absolute atomic E-state index is 0.104. The van der Waals surface area contributed by atoms with Crippen LogP contribution in [-0.4, -0.2) is 57.0 Å². The van der Waals surface area contributed by atoms with Crippen LogP contribution in [0.4, 0.5) is 0 Å². The summed E-state index contributed by atoms with van der Waals surface area (Å²) < 4.78 is 0. The van der Waals surface area contributed by atoms with Gasteiger partial charge in [0.15, 0.2) is 0 Å². The molecule has 1 aromatic rings. The summed E-state index contributed by atoms with van der Waals surface area (Å²) in [7, 11) is 0. The maximum atomic E-state index is 12.0. The van der Waals surface area contributed by atoms with E-state index in [1.807, 2.05) is 6.07 Å². The average molecular weight is 333 g/mol. The number of fused-ring (bicyclic) bond motifs is 1. The van der Waals surface area contributed by atoms with Crippen molar-refractivity contribution >= 4 is 36.1 Å². The van der Waals surface area contributed by atoms with Crippen LogP contribution >= 0.6 is 11.8 Å². The van der Waals surface area contributed by atoms with Gasteiger partial charge in [-0.1, -0.05) is 18.2 Å². The molecule has 2 N–H and O–H groups in total. The van der Waals surface area contributed by atoms with E-state index in [0.29, 0.717) is 12.2 Å². The molecule has 120 valence electrons. The van der Waals surface area contributed by atoms with Crippen molar-refractivity contribution in [2.75, 3.05) is 12.3 Å². The number of carboxylic acids is 1. The Morgan fingerprint density at radius 2 is 2.39 bits per heavy atom. The summed E-state index contributed by atoms with van der Waals surface area (Å²) in [6, 6.07) is 3.05. The quantitative estimate of drug-likeness (QED) is 0.590. The maximum Gasteiger partial charge on any atom is 0.316 e. The predicted octanol–water partition coefficient (Wildman–Crippen LogP) is 0.195. The second kappa shape index (κ2) is 6.04. The fraction of sp³-hybridized carbons (Fsp3) is 0.333. The smallest absolute Gasteiger partial charge is 0.316 e. The first-order valence-corrected chi connectivity index (χ1v) is 8.07. The molecule has 0 aliphatic carbocycles. The summed E-state index contributed by atoms with van der Waals surface area (Å²) in [5, 5.41) is 12.0. The first-order chi connectivity index (χ1) is 11.1. The Labute approximate surface area is 136 Å². The summed E-state index contributed by atoms with van der Waals surface area (Å²) in [5.41, 5.74) is -0.339. The van der Waals surface area contributed by atoms with Crippen LogP contribution in [0.1, 0.15) is 5.56 Å². The molecule has 0 aromatic carbocycles. The summed E-state index contributed by atoms with van der Waals surface area (Å²) in [6.07, 6.45) is 7.13. The van der Waals surface area contributed by atoms with E-state index in [1.165, 1.54) is 16.7 Å². The van der Waals surface area contributed by atoms with Crippen molar-refractivity contribution in [3.8, 4) is 0 Å². The van der Waals surface area contributed by atoms with Gasteiger partial charge in [-0.3, -0.25) is 19.4 Å². The van der Waals surface area contributed by atoms with Gasteiger partial charge in [-0.25, -0.2) is 0 Å². The Kier molecular flexibility index (Phi) is 4.08. The van der Waals surface area contributed by atoms with Crippen LogP contribution in [0.2, 0.25) is 0 Å². The molecule has 2 amide bonds. The van der Waals surface area contributed by atoms with Crippen LogP contribution in [-0.2, 0) is 14.4 Å². The number of carbonyl (C=O) groups excluding carboxylic acids is 2. The first-order valence-electron chi connectivity index (χ1n) is 7.02. The van der Waals surface area contributed by atoms with Crippen molar-refractivity contribution in [3.63, 3.8) is 0 Å². The molecule has 0 radical (unpaired) electrons. The lowest BCUT2D eigenvalue weighted by molar-refractivity contribution is -0.155. The Morgan fingerprint density at radius 1 is 1.57 bits per heavy atom. The standard InChI is InChI=1S/C15H15N3O4S/c19-9-17-11-12(20)18-7-15(14(21)22,8-23-13(11)18)4-3-10-2-1-5-16-6-10/h1-6,9,11,13H,7-8H2,(H,17,19)(H,21,22)/t11?,13-,15?/m1/s1. The molecule has 2 aliphatic rings. The molecule has 2 unspecified atom stereocenters. The zero-order chi connectivity index (χ0) is 16.4. The number of amides is 2. The topological polar surface area (TPSA) is 99.6 Å². The minimum atomic E-state index is -1.14. The average Bonchev–Trinajstić information content (AvgIpc) is 2.58. The van der Waals surface area contributed by atoms with Gasteiger partial charge in [0, 0.05) is 24.7 Å². The van der Waals surface area contributed by atoms with Gasteiger partial charge < -0.3 is 15.3 Å². The zero-order valence-electron chi connectivity index (χ0n) is 12.1. The Bertz CT molecular complexity index is 666. The van der Waals surface area contributed by atoms with E-state index in [9.17, 15) is 19.5 Å². The van der Waals surface area contributed by atoms with Crippen LogP contribution in [0.15, 0.2) is 30.6 Å². The van der Waals surface area contributed by atoms with Crippen molar-refractivity contribution in [2.24, 2.45) is 5.41 Å². The number of rotatable bonds is 5. The van der Waals surface area contributed by atoms with Crippen LogP contribution in [0.5, 0.6) is 0 Å². The van der Waals surface area contributed by atoms with Gasteiger partial charge in [0.25, 0.3) is 0 Å². The summed E-state index contributed by atoms with van der Waals surface area (Å²) >= 11 is 1.37. The number of aromatic nitrogens is 1. The van der Waals surface area contributed by atoms with Gasteiger partial charge in [0.05, 0.1) is 0 Å². The molecule has 23 heavy (non-hydrogen) atoms. The third-order valence-electron chi connectivity index (χ3n) is 4.06. The molecule has 3 atom stereocenters. The molecule has 2 aliphatic heterocycles. The minimum Gasteiger partial charge on any atom is -0.481 e. The van der Waals surface area contributed by atoms with E-state index >= 15 is 0 Å². The number of nitrogens with one attached hydrogen (secondary N) is 1. The maximum absolute atomic E-state index is 12.0. The molecule has 0 bridgehead atoms. The summed E-state index contributed by atoms with van der Waals surface area (Å²) in [5.74, 6) is -0.872. The molecular formula is C15H15N3O4S. The van der Waals surface area contributed by atoms with Crippen molar-refractivity contribution in [2.45, 2.75) is 11.4 Å². The van der Waals surface area contributed by atoms with Crippen LogP contribution < -0.4 is 5.32 Å².